The normalized spacial score (nSPS) is 12.1. The third kappa shape index (κ3) is 4.41. The number of benzene rings is 1. The Morgan fingerprint density at radius 2 is 2.29 bits per heavy atom. The van der Waals surface area contributed by atoms with E-state index >= 15 is 0 Å². The highest BCUT2D eigenvalue weighted by atomic mass is 19.1. The molecule has 0 bridgehead atoms. The number of aromatic nitrogens is 2. The maximum absolute atomic E-state index is 13.1. The Balaban J connectivity index is 1.93. The molecule has 0 radical (unpaired) electrons. The summed E-state index contributed by atoms with van der Waals surface area (Å²) in [5, 5.41) is 3.01. The van der Waals surface area contributed by atoms with Crippen LogP contribution in [0.5, 0.6) is 0 Å². The first-order valence-corrected chi connectivity index (χ1v) is 7.08. The number of rotatable bonds is 6. The second kappa shape index (κ2) is 7.02. The maximum Gasteiger partial charge on any atom is 0.224 e. The summed E-state index contributed by atoms with van der Waals surface area (Å²) in [5.41, 5.74) is 1.65. The lowest BCUT2D eigenvalue weighted by Crippen LogP contribution is -2.38. The van der Waals surface area contributed by atoms with Crippen LogP contribution in [-0.4, -0.2) is 21.5 Å². The number of carbonyl (C=O) groups is 1. The van der Waals surface area contributed by atoms with E-state index in [-0.39, 0.29) is 24.2 Å². The fraction of sp³-hybridized carbons (Fsp3) is 0.375. The van der Waals surface area contributed by atoms with Crippen LogP contribution >= 0.6 is 0 Å². The highest BCUT2D eigenvalue weighted by Gasteiger charge is 2.12. The van der Waals surface area contributed by atoms with Crippen molar-refractivity contribution in [3.05, 3.63) is 53.9 Å². The number of imidazole rings is 1. The van der Waals surface area contributed by atoms with E-state index in [9.17, 15) is 9.18 Å². The van der Waals surface area contributed by atoms with Crippen molar-refractivity contribution in [2.45, 2.75) is 39.3 Å². The van der Waals surface area contributed by atoms with Gasteiger partial charge < -0.3 is 9.88 Å². The first-order valence-electron chi connectivity index (χ1n) is 7.08. The van der Waals surface area contributed by atoms with E-state index in [1.54, 1.807) is 18.6 Å². The van der Waals surface area contributed by atoms with Crippen molar-refractivity contribution in [3.63, 3.8) is 0 Å². The zero-order valence-corrected chi connectivity index (χ0v) is 12.3. The number of hydrogen-bond acceptors (Lipinski definition) is 2. The summed E-state index contributed by atoms with van der Waals surface area (Å²) < 4.78 is 15.0. The third-order valence-electron chi connectivity index (χ3n) is 3.50. The van der Waals surface area contributed by atoms with Gasteiger partial charge in [0.05, 0.1) is 12.7 Å². The number of hydrogen-bond donors (Lipinski definition) is 1. The fourth-order valence-electron chi connectivity index (χ4n) is 2.24. The predicted molar refractivity (Wildman–Crippen MR) is 79.3 cm³/mol. The summed E-state index contributed by atoms with van der Waals surface area (Å²) in [6, 6.07) is 4.57. The van der Waals surface area contributed by atoms with Crippen LogP contribution in [0.1, 0.15) is 24.5 Å². The molecule has 2 rings (SSSR count). The monoisotopic (exact) mass is 289 g/mol. The van der Waals surface area contributed by atoms with Gasteiger partial charge in [-0.3, -0.25) is 4.79 Å². The van der Waals surface area contributed by atoms with Gasteiger partial charge in [0.15, 0.2) is 0 Å². The molecule has 0 spiro atoms. The van der Waals surface area contributed by atoms with Crippen molar-refractivity contribution in [2.24, 2.45) is 0 Å². The quantitative estimate of drug-likeness (QED) is 0.888. The lowest BCUT2D eigenvalue weighted by molar-refractivity contribution is -0.121. The molecule has 5 heteroatoms. The van der Waals surface area contributed by atoms with Crippen molar-refractivity contribution >= 4 is 5.91 Å². The average molecular weight is 289 g/mol. The van der Waals surface area contributed by atoms with E-state index < -0.39 is 0 Å². The summed E-state index contributed by atoms with van der Waals surface area (Å²) in [7, 11) is 0. The molecular weight excluding hydrogens is 269 g/mol. The van der Waals surface area contributed by atoms with Crippen LogP contribution in [0.2, 0.25) is 0 Å². The van der Waals surface area contributed by atoms with Gasteiger partial charge in [-0.2, -0.15) is 0 Å². The first kappa shape index (κ1) is 15.2. The number of nitrogens with one attached hydrogen (secondary N) is 1. The van der Waals surface area contributed by atoms with Crippen LogP contribution < -0.4 is 5.32 Å². The fourth-order valence-corrected chi connectivity index (χ4v) is 2.24. The molecule has 0 saturated carbocycles. The van der Waals surface area contributed by atoms with E-state index in [4.69, 9.17) is 0 Å². The zero-order valence-electron chi connectivity index (χ0n) is 12.3. The third-order valence-corrected chi connectivity index (χ3v) is 3.50. The molecule has 1 heterocycles. The van der Waals surface area contributed by atoms with E-state index in [0.717, 1.165) is 17.5 Å². The summed E-state index contributed by atoms with van der Waals surface area (Å²) in [6.45, 7) is 4.55. The Labute approximate surface area is 124 Å². The molecule has 1 atom stereocenters. The second-order valence-corrected chi connectivity index (χ2v) is 5.18. The van der Waals surface area contributed by atoms with Crippen molar-refractivity contribution < 1.29 is 9.18 Å². The lowest BCUT2D eigenvalue weighted by atomic mass is 10.0. The molecule has 0 aliphatic carbocycles. The number of aryl methyl sites for hydroxylation is 1. The molecule has 0 saturated heterocycles. The Kier molecular flexibility index (Phi) is 5.09. The van der Waals surface area contributed by atoms with Crippen LogP contribution in [0, 0.1) is 12.7 Å². The molecule has 0 fully saturated rings. The minimum absolute atomic E-state index is 0.0447. The number of amides is 1. The van der Waals surface area contributed by atoms with Gasteiger partial charge in [-0.25, -0.2) is 9.37 Å². The van der Waals surface area contributed by atoms with Crippen molar-refractivity contribution in [2.75, 3.05) is 0 Å². The summed E-state index contributed by atoms with van der Waals surface area (Å²) in [5.74, 6) is -0.320. The van der Waals surface area contributed by atoms with Crippen LogP contribution in [0.3, 0.4) is 0 Å². The largest absolute Gasteiger partial charge is 0.351 e. The molecule has 0 aliphatic rings. The lowest BCUT2D eigenvalue weighted by Gasteiger charge is -2.18. The molecular formula is C16H20FN3O. The van der Waals surface area contributed by atoms with Crippen LogP contribution in [0.4, 0.5) is 4.39 Å². The van der Waals surface area contributed by atoms with Crippen LogP contribution in [0.25, 0.3) is 0 Å². The van der Waals surface area contributed by atoms with Crippen LogP contribution in [0.15, 0.2) is 36.9 Å². The van der Waals surface area contributed by atoms with E-state index in [2.05, 4.69) is 10.3 Å². The topological polar surface area (TPSA) is 46.9 Å². The second-order valence-electron chi connectivity index (χ2n) is 5.18. The van der Waals surface area contributed by atoms with Gasteiger partial charge in [-0.05, 0) is 36.6 Å². The van der Waals surface area contributed by atoms with E-state index in [1.807, 2.05) is 24.6 Å². The summed E-state index contributed by atoms with van der Waals surface area (Å²) >= 11 is 0. The number of nitrogens with zero attached hydrogens (tertiary/aromatic N) is 2. The van der Waals surface area contributed by atoms with Gasteiger partial charge >= 0.3 is 0 Å². The van der Waals surface area contributed by atoms with Gasteiger partial charge in [0.25, 0.3) is 0 Å². The van der Waals surface area contributed by atoms with Gasteiger partial charge in [-0.1, -0.05) is 13.0 Å². The number of halogens is 1. The Bertz CT molecular complexity index is 596. The highest BCUT2D eigenvalue weighted by molar-refractivity contribution is 5.79. The van der Waals surface area contributed by atoms with Crippen LogP contribution in [-0.2, 0) is 17.8 Å². The summed E-state index contributed by atoms with van der Waals surface area (Å²) in [6.07, 6.45) is 6.44. The molecule has 21 heavy (non-hydrogen) atoms. The van der Waals surface area contributed by atoms with Gasteiger partial charge in [-0.15, -0.1) is 0 Å². The molecule has 1 amide bonds. The summed E-state index contributed by atoms with van der Waals surface area (Å²) in [4.78, 5) is 16.1. The standard InChI is InChI=1S/C16H20FN3O/c1-3-15(10-20-7-6-18-11-20)19-16(21)9-13-4-5-14(17)8-12(13)2/h4-8,11,15H,3,9-10H2,1-2H3,(H,19,21)/t15-/m0/s1. The van der Waals surface area contributed by atoms with Crippen molar-refractivity contribution in [1.82, 2.24) is 14.9 Å². The minimum Gasteiger partial charge on any atom is -0.351 e. The number of carbonyl (C=O) groups excluding carboxylic acids is 1. The molecule has 1 N–H and O–H groups in total. The molecule has 112 valence electrons. The molecule has 0 aliphatic heterocycles. The average Bonchev–Trinajstić information content (AvgIpc) is 2.94. The highest BCUT2D eigenvalue weighted by Crippen LogP contribution is 2.11. The molecule has 2 aromatic rings. The Hall–Kier alpha value is -2.17. The first-order chi connectivity index (χ1) is 10.1. The van der Waals surface area contributed by atoms with E-state index in [1.165, 1.54) is 12.1 Å². The Morgan fingerprint density at radius 3 is 2.90 bits per heavy atom. The molecule has 0 unspecified atom stereocenters. The molecule has 1 aromatic heterocycles. The van der Waals surface area contributed by atoms with Crippen molar-refractivity contribution in [3.8, 4) is 0 Å². The minimum atomic E-state index is -0.275. The van der Waals surface area contributed by atoms with Gasteiger partial charge in [0, 0.05) is 25.0 Å². The zero-order chi connectivity index (χ0) is 15.2. The smallest absolute Gasteiger partial charge is 0.224 e. The maximum atomic E-state index is 13.1. The molecule has 1 aromatic carbocycles. The van der Waals surface area contributed by atoms with E-state index in [0.29, 0.717) is 6.54 Å². The predicted octanol–water partition coefficient (Wildman–Crippen LogP) is 2.47. The Morgan fingerprint density at radius 1 is 1.48 bits per heavy atom. The van der Waals surface area contributed by atoms with Gasteiger partial charge in [0.1, 0.15) is 5.82 Å². The van der Waals surface area contributed by atoms with Gasteiger partial charge in [0.2, 0.25) is 5.91 Å². The van der Waals surface area contributed by atoms with Crippen molar-refractivity contribution in [1.29, 1.82) is 0 Å². The molecule has 4 nitrogen and oxygen atoms in total. The SMILES string of the molecule is CC[C@@H](Cn1ccnc1)NC(=O)Cc1ccc(F)cc1C.